The Morgan fingerprint density at radius 2 is 1.68 bits per heavy atom. The van der Waals surface area contributed by atoms with Crippen molar-refractivity contribution in [3.63, 3.8) is 0 Å². The standard InChI is InChI=1S/C25H28N2O4/c1-26(18-20-8-11-22(12-9-20)25(30)31-2)24(29)21-14-16-27(17-15-21)23(28)13-10-19-6-4-3-5-7-19/h3-13,21H,14-18H2,1-2H3/b13-10+. The SMILES string of the molecule is COC(=O)c1ccc(CN(C)C(=O)C2CCN(C(=O)/C=C/c3ccccc3)CC2)cc1. The second kappa shape index (κ2) is 10.6. The molecule has 0 atom stereocenters. The molecular formula is C25H28N2O4. The second-order valence-corrected chi connectivity index (χ2v) is 7.73. The molecule has 31 heavy (non-hydrogen) atoms. The van der Waals surface area contributed by atoms with Crippen LogP contribution < -0.4 is 0 Å². The average Bonchev–Trinajstić information content (AvgIpc) is 2.82. The minimum atomic E-state index is -0.379. The molecule has 2 aromatic rings. The number of nitrogens with zero attached hydrogens (tertiary/aromatic N) is 2. The van der Waals surface area contributed by atoms with Crippen molar-refractivity contribution in [2.45, 2.75) is 19.4 Å². The summed E-state index contributed by atoms with van der Waals surface area (Å²) in [6.45, 7) is 1.63. The largest absolute Gasteiger partial charge is 0.465 e. The van der Waals surface area contributed by atoms with E-state index in [2.05, 4.69) is 0 Å². The van der Waals surface area contributed by atoms with Crippen LogP contribution in [-0.4, -0.2) is 54.8 Å². The van der Waals surface area contributed by atoms with Gasteiger partial charge in [0.25, 0.3) is 0 Å². The molecule has 6 nitrogen and oxygen atoms in total. The molecule has 0 saturated carbocycles. The van der Waals surface area contributed by atoms with Gasteiger partial charge in [-0.2, -0.15) is 0 Å². The van der Waals surface area contributed by atoms with Crippen LogP contribution >= 0.6 is 0 Å². The van der Waals surface area contributed by atoms with E-state index < -0.39 is 0 Å². The van der Waals surface area contributed by atoms with Crippen molar-refractivity contribution < 1.29 is 19.1 Å². The van der Waals surface area contributed by atoms with E-state index in [0.717, 1.165) is 11.1 Å². The summed E-state index contributed by atoms with van der Waals surface area (Å²) >= 11 is 0. The highest BCUT2D eigenvalue weighted by atomic mass is 16.5. The summed E-state index contributed by atoms with van der Waals surface area (Å²) in [6.07, 6.45) is 4.74. The molecule has 1 heterocycles. The van der Waals surface area contributed by atoms with E-state index >= 15 is 0 Å². The Balaban J connectivity index is 1.48. The fourth-order valence-electron chi connectivity index (χ4n) is 3.71. The minimum absolute atomic E-state index is 0.0196. The first-order chi connectivity index (χ1) is 15.0. The average molecular weight is 421 g/mol. The maximum absolute atomic E-state index is 12.8. The summed E-state index contributed by atoms with van der Waals surface area (Å²) < 4.78 is 4.70. The molecule has 0 aliphatic carbocycles. The maximum atomic E-state index is 12.8. The summed E-state index contributed by atoms with van der Waals surface area (Å²) in [7, 11) is 3.14. The highest BCUT2D eigenvalue weighted by molar-refractivity contribution is 5.92. The van der Waals surface area contributed by atoms with Gasteiger partial charge in [-0.3, -0.25) is 9.59 Å². The third-order valence-corrected chi connectivity index (χ3v) is 5.54. The highest BCUT2D eigenvalue weighted by Gasteiger charge is 2.28. The number of piperidine rings is 1. The molecule has 3 rings (SSSR count). The zero-order chi connectivity index (χ0) is 22.2. The third kappa shape index (κ3) is 6.04. The van der Waals surface area contributed by atoms with Gasteiger partial charge < -0.3 is 14.5 Å². The molecule has 162 valence electrons. The van der Waals surface area contributed by atoms with Gasteiger partial charge >= 0.3 is 5.97 Å². The second-order valence-electron chi connectivity index (χ2n) is 7.73. The monoisotopic (exact) mass is 420 g/mol. The van der Waals surface area contributed by atoms with Gasteiger partial charge in [0, 0.05) is 38.7 Å². The van der Waals surface area contributed by atoms with Gasteiger partial charge in [-0.15, -0.1) is 0 Å². The van der Waals surface area contributed by atoms with Crippen LogP contribution in [0.15, 0.2) is 60.7 Å². The summed E-state index contributed by atoms with van der Waals surface area (Å²) in [4.78, 5) is 40.3. The van der Waals surface area contributed by atoms with Crippen LogP contribution in [0.1, 0.15) is 34.3 Å². The highest BCUT2D eigenvalue weighted by Crippen LogP contribution is 2.21. The molecule has 0 N–H and O–H groups in total. The molecule has 0 spiro atoms. The van der Waals surface area contributed by atoms with Gasteiger partial charge in [0.1, 0.15) is 0 Å². The normalized spacial score (nSPS) is 14.5. The number of esters is 1. The predicted molar refractivity (Wildman–Crippen MR) is 119 cm³/mol. The van der Waals surface area contributed by atoms with Crippen LogP contribution in [-0.2, 0) is 20.9 Å². The fraction of sp³-hybridized carbons (Fsp3) is 0.320. The van der Waals surface area contributed by atoms with Crippen molar-refractivity contribution in [2.75, 3.05) is 27.2 Å². The lowest BCUT2D eigenvalue weighted by atomic mass is 9.95. The van der Waals surface area contributed by atoms with E-state index in [9.17, 15) is 14.4 Å². The van der Waals surface area contributed by atoms with Gasteiger partial charge in [0.15, 0.2) is 0 Å². The maximum Gasteiger partial charge on any atom is 0.337 e. The van der Waals surface area contributed by atoms with Crippen LogP contribution in [0, 0.1) is 5.92 Å². The minimum Gasteiger partial charge on any atom is -0.465 e. The molecule has 2 amide bonds. The predicted octanol–water partition coefficient (Wildman–Crippen LogP) is 3.38. The first-order valence-corrected chi connectivity index (χ1v) is 10.4. The molecule has 1 aliphatic heterocycles. The lowest BCUT2D eigenvalue weighted by Gasteiger charge is -2.32. The third-order valence-electron chi connectivity index (χ3n) is 5.54. The lowest BCUT2D eigenvalue weighted by Crippen LogP contribution is -2.42. The molecule has 1 fully saturated rings. The van der Waals surface area contributed by atoms with Gasteiger partial charge in [-0.05, 0) is 42.2 Å². The molecule has 2 aromatic carbocycles. The molecule has 0 bridgehead atoms. The van der Waals surface area contributed by atoms with Crippen molar-refractivity contribution >= 4 is 23.9 Å². The van der Waals surface area contributed by atoms with Crippen LogP contribution in [0.5, 0.6) is 0 Å². The topological polar surface area (TPSA) is 66.9 Å². The van der Waals surface area contributed by atoms with Gasteiger partial charge in [0.05, 0.1) is 12.7 Å². The van der Waals surface area contributed by atoms with Crippen molar-refractivity contribution in [1.29, 1.82) is 0 Å². The lowest BCUT2D eigenvalue weighted by molar-refractivity contribution is -0.138. The summed E-state index contributed by atoms with van der Waals surface area (Å²) in [5.74, 6) is -0.393. The van der Waals surface area contributed by atoms with Crippen molar-refractivity contribution in [1.82, 2.24) is 9.80 Å². The molecule has 0 radical (unpaired) electrons. The molecule has 1 aliphatic rings. The van der Waals surface area contributed by atoms with E-state index in [1.165, 1.54) is 7.11 Å². The van der Waals surface area contributed by atoms with E-state index in [4.69, 9.17) is 4.74 Å². The fourth-order valence-corrected chi connectivity index (χ4v) is 3.71. The first-order valence-electron chi connectivity index (χ1n) is 10.4. The van der Waals surface area contributed by atoms with Gasteiger partial charge in [0.2, 0.25) is 11.8 Å². The Labute approximate surface area is 183 Å². The van der Waals surface area contributed by atoms with Crippen LogP contribution in [0.25, 0.3) is 6.08 Å². The van der Waals surface area contributed by atoms with E-state index in [0.29, 0.717) is 38.0 Å². The van der Waals surface area contributed by atoms with Crippen molar-refractivity contribution in [3.8, 4) is 0 Å². The Hall–Kier alpha value is -3.41. The zero-order valence-electron chi connectivity index (χ0n) is 18.0. The molecule has 6 heteroatoms. The Kier molecular flexibility index (Phi) is 7.60. The summed E-state index contributed by atoms with van der Waals surface area (Å²) in [5, 5.41) is 0. The number of benzene rings is 2. The molecular weight excluding hydrogens is 392 g/mol. The smallest absolute Gasteiger partial charge is 0.337 e. The molecule has 0 unspecified atom stereocenters. The number of carbonyl (C=O) groups is 3. The Morgan fingerprint density at radius 1 is 1.03 bits per heavy atom. The number of hydrogen-bond acceptors (Lipinski definition) is 4. The molecule has 0 aromatic heterocycles. The number of ether oxygens (including phenoxy) is 1. The quantitative estimate of drug-likeness (QED) is 0.531. The number of rotatable bonds is 6. The molecule has 1 saturated heterocycles. The number of amides is 2. The number of methoxy groups -OCH3 is 1. The summed E-state index contributed by atoms with van der Waals surface area (Å²) in [5.41, 5.74) is 2.42. The Morgan fingerprint density at radius 3 is 2.29 bits per heavy atom. The van der Waals surface area contributed by atoms with Crippen LogP contribution in [0.2, 0.25) is 0 Å². The number of carbonyl (C=O) groups excluding carboxylic acids is 3. The van der Waals surface area contributed by atoms with E-state index in [1.54, 1.807) is 35.1 Å². The van der Waals surface area contributed by atoms with E-state index in [1.807, 2.05) is 48.5 Å². The van der Waals surface area contributed by atoms with Gasteiger partial charge in [-0.25, -0.2) is 4.79 Å². The number of likely N-dealkylation sites (tertiary alicyclic amines) is 1. The van der Waals surface area contributed by atoms with Crippen molar-refractivity contribution in [3.05, 3.63) is 77.4 Å². The van der Waals surface area contributed by atoms with Crippen molar-refractivity contribution in [2.24, 2.45) is 5.92 Å². The van der Waals surface area contributed by atoms with Crippen LogP contribution in [0.4, 0.5) is 0 Å². The Bertz CT molecular complexity index is 930. The zero-order valence-corrected chi connectivity index (χ0v) is 18.0. The van der Waals surface area contributed by atoms with Crippen LogP contribution in [0.3, 0.4) is 0 Å². The van der Waals surface area contributed by atoms with E-state index in [-0.39, 0.29) is 23.7 Å². The first kappa shape index (κ1) is 22.3. The van der Waals surface area contributed by atoms with Gasteiger partial charge in [-0.1, -0.05) is 42.5 Å². The summed E-state index contributed by atoms with van der Waals surface area (Å²) in [6, 6.07) is 16.8. The number of hydrogen-bond donors (Lipinski definition) is 0.